The van der Waals surface area contributed by atoms with Crippen LogP contribution >= 0.6 is 0 Å². The summed E-state index contributed by atoms with van der Waals surface area (Å²) in [5.74, 6) is -6.36. The molecule has 2 rings (SSSR count). The molecule has 17 heavy (non-hydrogen) atoms. The van der Waals surface area contributed by atoms with Gasteiger partial charge in [-0.1, -0.05) is 0 Å². The second kappa shape index (κ2) is 3.38. The molecule has 2 aliphatic rings. The summed E-state index contributed by atoms with van der Waals surface area (Å²) in [4.78, 5) is 10.7. The summed E-state index contributed by atoms with van der Waals surface area (Å²) < 4.78 is 50.5. The first kappa shape index (κ1) is 12.7. The maximum Gasteiger partial charge on any atom is 0.313 e. The summed E-state index contributed by atoms with van der Waals surface area (Å²) >= 11 is 0. The molecule has 0 aromatic heterocycles. The van der Waals surface area contributed by atoms with Crippen molar-refractivity contribution in [2.24, 2.45) is 11.3 Å². The number of halogens is 2. The molecule has 1 heterocycles. The molecule has 1 atom stereocenters. The summed E-state index contributed by atoms with van der Waals surface area (Å²) in [5.41, 5.74) is -1.53. The molecule has 1 saturated heterocycles. The Labute approximate surface area is 97.5 Å². The van der Waals surface area contributed by atoms with Crippen LogP contribution in [-0.2, 0) is 14.8 Å². The van der Waals surface area contributed by atoms with E-state index < -0.39 is 33.2 Å². The fraction of sp³-hybridized carbons (Fsp3) is 0.889. The van der Waals surface area contributed by atoms with E-state index in [9.17, 15) is 22.0 Å². The van der Waals surface area contributed by atoms with Gasteiger partial charge in [0.15, 0.2) is 0 Å². The largest absolute Gasteiger partial charge is 0.481 e. The molecular formula is C9H13F2NO4S. The molecule has 0 bridgehead atoms. The Bertz CT molecular complexity index is 454. The van der Waals surface area contributed by atoms with E-state index in [4.69, 9.17) is 5.11 Å². The highest BCUT2D eigenvalue weighted by Crippen LogP contribution is 2.70. The number of carbonyl (C=O) groups is 1. The highest BCUT2D eigenvalue weighted by molar-refractivity contribution is 7.88. The van der Waals surface area contributed by atoms with E-state index >= 15 is 0 Å². The Morgan fingerprint density at radius 1 is 1.35 bits per heavy atom. The van der Waals surface area contributed by atoms with Crippen LogP contribution in [0.4, 0.5) is 8.78 Å². The summed E-state index contributed by atoms with van der Waals surface area (Å²) in [6.45, 7) is -0.0591. The molecule has 0 radical (unpaired) electrons. The zero-order chi connectivity index (χ0) is 13.1. The van der Waals surface area contributed by atoms with Gasteiger partial charge in [0.05, 0.1) is 11.7 Å². The number of nitrogens with zero attached hydrogens (tertiary/aromatic N) is 1. The molecule has 0 aromatic rings. The zero-order valence-corrected chi connectivity index (χ0v) is 10.0. The number of hydrogen-bond donors (Lipinski definition) is 1. The van der Waals surface area contributed by atoms with E-state index in [-0.39, 0.29) is 25.9 Å². The molecule has 98 valence electrons. The van der Waals surface area contributed by atoms with Crippen molar-refractivity contribution in [2.75, 3.05) is 19.3 Å². The van der Waals surface area contributed by atoms with Crippen LogP contribution in [0.2, 0.25) is 0 Å². The molecule has 0 amide bonds. The van der Waals surface area contributed by atoms with Crippen molar-refractivity contribution in [1.82, 2.24) is 4.31 Å². The maximum atomic E-state index is 13.5. The van der Waals surface area contributed by atoms with Crippen molar-refractivity contribution < 1.29 is 27.1 Å². The minimum Gasteiger partial charge on any atom is -0.481 e. The number of carboxylic acids is 1. The second-order valence-electron chi connectivity index (χ2n) is 4.71. The van der Waals surface area contributed by atoms with E-state index in [1.54, 1.807) is 0 Å². The molecular weight excluding hydrogens is 256 g/mol. The number of hydrogen-bond acceptors (Lipinski definition) is 3. The van der Waals surface area contributed by atoms with Gasteiger partial charge in [-0.15, -0.1) is 0 Å². The van der Waals surface area contributed by atoms with Crippen molar-refractivity contribution >= 4 is 16.0 Å². The highest BCUT2D eigenvalue weighted by Gasteiger charge is 2.83. The number of carboxylic acid groups (broad SMARTS) is 1. The van der Waals surface area contributed by atoms with Crippen LogP contribution in [0.3, 0.4) is 0 Å². The van der Waals surface area contributed by atoms with Gasteiger partial charge in [0, 0.05) is 13.1 Å². The van der Waals surface area contributed by atoms with Crippen LogP contribution in [0.25, 0.3) is 0 Å². The van der Waals surface area contributed by atoms with Gasteiger partial charge in [0.1, 0.15) is 5.92 Å². The van der Waals surface area contributed by atoms with Crippen molar-refractivity contribution in [3.63, 3.8) is 0 Å². The van der Waals surface area contributed by atoms with Crippen molar-refractivity contribution in [3.8, 4) is 0 Å². The van der Waals surface area contributed by atoms with Crippen molar-refractivity contribution in [2.45, 2.75) is 18.8 Å². The number of piperidine rings is 1. The Morgan fingerprint density at radius 3 is 2.12 bits per heavy atom. The molecule has 1 spiro atoms. The average molecular weight is 269 g/mol. The molecule has 0 unspecified atom stereocenters. The minimum absolute atomic E-state index is 0.0296. The summed E-state index contributed by atoms with van der Waals surface area (Å²) in [7, 11) is -3.38. The molecule has 0 aromatic carbocycles. The summed E-state index contributed by atoms with van der Waals surface area (Å²) in [6.07, 6.45) is 0.832. The second-order valence-corrected chi connectivity index (χ2v) is 6.69. The lowest BCUT2D eigenvalue weighted by atomic mass is 9.91. The van der Waals surface area contributed by atoms with E-state index in [0.717, 1.165) is 10.6 Å². The van der Waals surface area contributed by atoms with Gasteiger partial charge < -0.3 is 5.11 Å². The lowest BCUT2D eigenvalue weighted by Gasteiger charge is -2.30. The Kier molecular flexibility index (Phi) is 2.52. The van der Waals surface area contributed by atoms with E-state index in [2.05, 4.69) is 0 Å². The van der Waals surface area contributed by atoms with Gasteiger partial charge in [-0.25, -0.2) is 21.5 Å². The van der Waals surface area contributed by atoms with Crippen LogP contribution in [0.5, 0.6) is 0 Å². The molecule has 1 saturated carbocycles. The minimum atomic E-state index is -3.38. The molecule has 1 aliphatic carbocycles. The SMILES string of the molecule is CS(=O)(=O)N1CCC2(CC1)[C@@H](C(=O)O)C2(F)F. The standard InChI is InChI=1S/C9H13F2NO4S/c1-17(15,16)12-4-2-8(3-5-12)6(7(13)14)9(8,10)11/h6H,2-5H2,1H3,(H,13,14)/t6-/m1/s1. The van der Waals surface area contributed by atoms with E-state index in [1.807, 2.05) is 0 Å². The van der Waals surface area contributed by atoms with Gasteiger partial charge in [-0.2, -0.15) is 0 Å². The highest BCUT2D eigenvalue weighted by atomic mass is 32.2. The van der Waals surface area contributed by atoms with Crippen molar-refractivity contribution in [1.29, 1.82) is 0 Å². The third-order valence-electron chi connectivity index (χ3n) is 3.83. The maximum absolute atomic E-state index is 13.5. The quantitative estimate of drug-likeness (QED) is 0.786. The fourth-order valence-corrected chi connectivity index (χ4v) is 3.59. The van der Waals surface area contributed by atoms with Gasteiger partial charge in [0.2, 0.25) is 10.0 Å². The lowest BCUT2D eigenvalue weighted by Crippen LogP contribution is -2.40. The Balaban J connectivity index is 2.13. The molecule has 2 fully saturated rings. The van der Waals surface area contributed by atoms with E-state index in [1.165, 1.54) is 0 Å². The van der Waals surface area contributed by atoms with E-state index in [0.29, 0.717) is 0 Å². The number of alkyl halides is 2. The number of aliphatic carboxylic acids is 1. The van der Waals surface area contributed by atoms with Gasteiger partial charge in [0.25, 0.3) is 5.92 Å². The average Bonchev–Trinajstić information content (AvgIpc) is 2.61. The fourth-order valence-electron chi connectivity index (χ4n) is 2.74. The summed E-state index contributed by atoms with van der Waals surface area (Å²) in [6, 6.07) is 0. The van der Waals surface area contributed by atoms with Crippen LogP contribution in [0.1, 0.15) is 12.8 Å². The predicted octanol–water partition coefficient (Wildman–Crippen LogP) is 0.378. The molecule has 1 aliphatic heterocycles. The zero-order valence-electron chi connectivity index (χ0n) is 9.19. The molecule has 5 nitrogen and oxygen atoms in total. The van der Waals surface area contributed by atoms with Gasteiger partial charge >= 0.3 is 5.97 Å². The summed E-state index contributed by atoms with van der Waals surface area (Å²) in [5, 5.41) is 8.72. The van der Waals surface area contributed by atoms with Crippen LogP contribution in [0.15, 0.2) is 0 Å². The third-order valence-corrected chi connectivity index (χ3v) is 5.13. The first-order valence-electron chi connectivity index (χ1n) is 5.19. The smallest absolute Gasteiger partial charge is 0.313 e. The first-order valence-corrected chi connectivity index (χ1v) is 7.03. The number of sulfonamides is 1. The predicted molar refractivity (Wildman–Crippen MR) is 54.2 cm³/mol. The van der Waals surface area contributed by atoms with Crippen LogP contribution in [-0.4, -0.2) is 49.1 Å². The molecule has 8 heteroatoms. The lowest BCUT2D eigenvalue weighted by molar-refractivity contribution is -0.141. The normalized spacial score (nSPS) is 31.4. The third kappa shape index (κ3) is 1.65. The van der Waals surface area contributed by atoms with Crippen LogP contribution in [0, 0.1) is 11.3 Å². The monoisotopic (exact) mass is 269 g/mol. The number of rotatable bonds is 2. The first-order chi connectivity index (χ1) is 7.63. The molecule has 1 N–H and O–H groups in total. The Morgan fingerprint density at radius 2 is 1.82 bits per heavy atom. The van der Waals surface area contributed by atoms with Gasteiger partial charge in [-0.05, 0) is 12.8 Å². The van der Waals surface area contributed by atoms with Crippen LogP contribution < -0.4 is 0 Å². The topological polar surface area (TPSA) is 74.7 Å². The van der Waals surface area contributed by atoms with Crippen molar-refractivity contribution in [3.05, 3.63) is 0 Å². The Hall–Kier alpha value is -0.760. The van der Waals surface area contributed by atoms with Gasteiger partial charge in [-0.3, -0.25) is 4.79 Å².